The molecule has 3 N–H and O–H groups in total. The lowest BCUT2D eigenvalue weighted by Crippen LogP contribution is -2.21. The smallest absolute Gasteiger partial charge is 0.262 e. The van der Waals surface area contributed by atoms with Gasteiger partial charge in [0.15, 0.2) is 12.4 Å². The predicted octanol–water partition coefficient (Wildman–Crippen LogP) is 3.08. The predicted molar refractivity (Wildman–Crippen MR) is 76.4 cm³/mol. The molecule has 0 aliphatic rings. The van der Waals surface area contributed by atoms with Crippen molar-refractivity contribution in [2.24, 2.45) is 0 Å². The molecule has 0 atom stereocenters. The summed E-state index contributed by atoms with van der Waals surface area (Å²) in [7, 11) is 0. The monoisotopic (exact) mass is 294 g/mol. The van der Waals surface area contributed by atoms with Crippen LogP contribution in [0.5, 0.6) is 5.75 Å². The topological polar surface area (TPSA) is 64.3 Å². The fourth-order valence-corrected chi connectivity index (χ4v) is 1.72. The van der Waals surface area contributed by atoms with Crippen molar-refractivity contribution in [3.8, 4) is 5.75 Å². The second-order valence-electron chi connectivity index (χ2n) is 3.98. The van der Waals surface area contributed by atoms with E-state index in [1.165, 1.54) is 18.2 Å². The van der Waals surface area contributed by atoms with E-state index in [-0.39, 0.29) is 17.3 Å². The standard InChI is InChI=1S/C14H12ClFN2O2/c15-9-4-3-6-11(14(9)16)18-13(19)8-20-12-7-2-1-5-10(12)17/h1-7H,8,17H2,(H,18,19). The maximum atomic E-state index is 13.6. The van der Waals surface area contributed by atoms with Crippen molar-refractivity contribution in [1.82, 2.24) is 0 Å². The summed E-state index contributed by atoms with van der Waals surface area (Å²) >= 11 is 5.62. The quantitative estimate of drug-likeness (QED) is 0.852. The number of benzene rings is 2. The number of carbonyl (C=O) groups is 1. The minimum absolute atomic E-state index is 0.00661. The third kappa shape index (κ3) is 3.39. The van der Waals surface area contributed by atoms with Crippen LogP contribution in [0.15, 0.2) is 42.5 Å². The van der Waals surface area contributed by atoms with E-state index in [2.05, 4.69) is 5.32 Å². The van der Waals surface area contributed by atoms with Crippen molar-refractivity contribution < 1.29 is 13.9 Å². The molecule has 2 aromatic rings. The molecule has 0 saturated carbocycles. The first kappa shape index (κ1) is 14.1. The van der Waals surface area contributed by atoms with Gasteiger partial charge >= 0.3 is 0 Å². The van der Waals surface area contributed by atoms with Gasteiger partial charge in [-0.1, -0.05) is 29.8 Å². The lowest BCUT2D eigenvalue weighted by Gasteiger charge is -2.10. The van der Waals surface area contributed by atoms with Crippen molar-refractivity contribution in [2.75, 3.05) is 17.7 Å². The van der Waals surface area contributed by atoms with Gasteiger partial charge in [-0.25, -0.2) is 4.39 Å². The molecule has 0 bridgehead atoms. The summed E-state index contributed by atoms with van der Waals surface area (Å²) in [5.74, 6) is -0.787. The van der Waals surface area contributed by atoms with E-state index in [9.17, 15) is 9.18 Å². The summed E-state index contributed by atoms with van der Waals surface area (Å²) in [6.07, 6.45) is 0. The fourth-order valence-electron chi connectivity index (χ4n) is 1.54. The Morgan fingerprint density at radius 2 is 2.00 bits per heavy atom. The summed E-state index contributed by atoms with van der Waals surface area (Å²) in [5, 5.41) is 2.32. The Labute approximate surface area is 120 Å². The number of amides is 1. The molecule has 4 nitrogen and oxygen atoms in total. The van der Waals surface area contributed by atoms with Crippen molar-refractivity contribution >= 4 is 28.9 Å². The molecule has 0 spiro atoms. The van der Waals surface area contributed by atoms with Gasteiger partial charge in [0.2, 0.25) is 0 Å². The van der Waals surface area contributed by atoms with Gasteiger partial charge < -0.3 is 15.8 Å². The van der Waals surface area contributed by atoms with Crippen LogP contribution in [0.3, 0.4) is 0 Å². The summed E-state index contributed by atoms with van der Waals surface area (Å²) < 4.78 is 18.8. The Balaban J connectivity index is 1.96. The number of carbonyl (C=O) groups excluding carboxylic acids is 1. The van der Waals surface area contributed by atoms with Crippen molar-refractivity contribution in [3.63, 3.8) is 0 Å². The average molecular weight is 295 g/mol. The SMILES string of the molecule is Nc1ccccc1OCC(=O)Nc1cccc(Cl)c1F. The summed E-state index contributed by atoms with van der Waals surface area (Å²) in [5.41, 5.74) is 6.10. The zero-order valence-corrected chi connectivity index (χ0v) is 11.2. The molecule has 2 aromatic carbocycles. The second-order valence-corrected chi connectivity index (χ2v) is 4.38. The summed E-state index contributed by atoms with van der Waals surface area (Å²) in [6, 6.07) is 11.1. The Hall–Kier alpha value is -2.27. The Bertz CT molecular complexity index is 634. The van der Waals surface area contributed by atoms with Crippen molar-refractivity contribution in [3.05, 3.63) is 53.3 Å². The minimum Gasteiger partial charge on any atom is -0.482 e. The maximum absolute atomic E-state index is 13.6. The normalized spacial score (nSPS) is 10.1. The van der Waals surface area contributed by atoms with Gasteiger partial charge in [0.1, 0.15) is 5.75 Å². The van der Waals surface area contributed by atoms with Crippen LogP contribution in [0.25, 0.3) is 0 Å². The summed E-state index contributed by atoms with van der Waals surface area (Å²) in [4.78, 5) is 11.7. The highest BCUT2D eigenvalue weighted by Gasteiger charge is 2.10. The van der Waals surface area contributed by atoms with Crippen LogP contribution in [0.2, 0.25) is 5.02 Å². The molecular weight excluding hydrogens is 283 g/mol. The molecule has 2 rings (SSSR count). The van der Waals surface area contributed by atoms with E-state index < -0.39 is 11.7 Å². The molecule has 1 amide bonds. The van der Waals surface area contributed by atoms with Crippen LogP contribution in [0, 0.1) is 5.82 Å². The minimum atomic E-state index is -0.679. The van der Waals surface area contributed by atoms with Gasteiger partial charge in [-0.2, -0.15) is 0 Å². The number of hydrogen-bond acceptors (Lipinski definition) is 3. The number of rotatable bonds is 4. The van der Waals surface area contributed by atoms with Crippen molar-refractivity contribution in [1.29, 1.82) is 0 Å². The highest BCUT2D eigenvalue weighted by molar-refractivity contribution is 6.31. The zero-order valence-electron chi connectivity index (χ0n) is 10.4. The van der Waals surface area contributed by atoms with Gasteiger partial charge in [0.05, 0.1) is 16.4 Å². The second kappa shape index (κ2) is 6.25. The Morgan fingerprint density at radius 3 is 2.75 bits per heavy atom. The summed E-state index contributed by atoms with van der Waals surface area (Å²) in [6.45, 7) is -0.278. The molecular formula is C14H12ClFN2O2. The van der Waals surface area contributed by atoms with Crippen molar-refractivity contribution in [2.45, 2.75) is 0 Å². The molecule has 0 radical (unpaired) electrons. The number of ether oxygens (including phenoxy) is 1. The zero-order chi connectivity index (χ0) is 14.5. The highest BCUT2D eigenvalue weighted by atomic mass is 35.5. The third-order valence-corrected chi connectivity index (χ3v) is 2.80. The average Bonchev–Trinajstić information content (AvgIpc) is 2.43. The van der Waals surface area contributed by atoms with Gasteiger partial charge in [0, 0.05) is 0 Å². The van der Waals surface area contributed by atoms with E-state index in [0.29, 0.717) is 11.4 Å². The number of nitrogens with two attached hydrogens (primary N) is 1. The first-order valence-corrected chi connectivity index (χ1v) is 6.17. The van der Waals surface area contributed by atoms with Gasteiger partial charge in [-0.3, -0.25) is 4.79 Å². The maximum Gasteiger partial charge on any atom is 0.262 e. The molecule has 0 aromatic heterocycles. The largest absolute Gasteiger partial charge is 0.482 e. The molecule has 0 aliphatic carbocycles. The third-order valence-electron chi connectivity index (χ3n) is 2.50. The molecule has 0 heterocycles. The van der Waals surface area contributed by atoms with Gasteiger partial charge in [0.25, 0.3) is 5.91 Å². The van der Waals surface area contributed by atoms with E-state index in [1.807, 2.05) is 0 Å². The van der Waals surface area contributed by atoms with Crippen LogP contribution in [-0.2, 0) is 4.79 Å². The molecule has 0 saturated heterocycles. The highest BCUT2D eigenvalue weighted by Crippen LogP contribution is 2.22. The molecule has 0 fully saturated rings. The molecule has 104 valence electrons. The molecule has 0 aliphatic heterocycles. The van der Waals surface area contributed by atoms with Gasteiger partial charge in [-0.05, 0) is 24.3 Å². The number of halogens is 2. The number of hydrogen-bond donors (Lipinski definition) is 2. The Kier molecular flexibility index (Phi) is 4.42. The van der Waals surface area contributed by atoms with Crippen LogP contribution in [-0.4, -0.2) is 12.5 Å². The lowest BCUT2D eigenvalue weighted by atomic mass is 10.3. The van der Waals surface area contributed by atoms with Gasteiger partial charge in [-0.15, -0.1) is 0 Å². The number of anilines is 2. The van der Waals surface area contributed by atoms with E-state index in [0.717, 1.165) is 0 Å². The number of nitrogens with one attached hydrogen (secondary N) is 1. The first-order valence-electron chi connectivity index (χ1n) is 5.79. The van der Waals surface area contributed by atoms with Crippen LogP contribution in [0.4, 0.5) is 15.8 Å². The number of para-hydroxylation sites is 2. The number of nitrogen functional groups attached to an aromatic ring is 1. The Morgan fingerprint density at radius 1 is 1.25 bits per heavy atom. The molecule has 20 heavy (non-hydrogen) atoms. The van der Waals surface area contributed by atoms with E-state index in [4.69, 9.17) is 22.1 Å². The van der Waals surface area contributed by atoms with E-state index >= 15 is 0 Å². The van der Waals surface area contributed by atoms with Crippen LogP contribution >= 0.6 is 11.6 Å². The lowest BCUT2D eigenvalue weighted by molar-refractivity contribution is -0.118. The van der Waals surface area contributed by atoms with Crippen LogP contribution < -0.4 is 15.8 Å². The molecule has 6 heteroatoms. The van der Waals surface area contributed by atoms with E-state index in [1.54, 1.807) is 24.3 Å². The fraction of sp³-hybridized carbons (Fsp3) is 0.0714. The molecule has 0 unspecified atom stereocenters. The van der Waals surface area contributed by atoms with Crippen LogP contribution in [0.1, 0.15) is 0 Å². The first-order chi connectivity index (χ1) is 9.58.